The van der Waals surface area contributed by atoms with E-state index in [0.717, 1.165) is 60.2 Å². The highest BCUT2D eigenvalue weighted by molar-refractivity contribution is 7.25. The van der Waals surface area contributed by atoms with Crippen LogP contribution in [0.5, 0.6) is 0 Å². The molecule has 5 heteroatoms. The van der Waals surface area contributed by atoms with Gasteiger partial charge in [-0.25, -0.2) is 4.98 Å². The van der Waals surface area contributed by atoms with Gasteiger partial charge in [-0.15, -0.1) is 11.3 Å². The standard InChI is InChI=1S/C53H32N4S/c1-2-12-33(13-3-1)35-24-27-37(28-25-35)51-54-52(39-29-26-34-14-4-5-16-38(34)32-39)56-53(55-51)57-49-40-17-7-6-15-36(40)30-31-44(49)43-21-10-20-42(50(43)57)41-19-11-23-47-48(41)45-18-8-9-22-46(45)58-47/h1-32H. The van der Waals surface area contributed by atoms with Crippen LogP contribution < -0.4 is 0 Å². The van der Waals surface area contributed by atoms with E-state index in [2.05, 4.69) is 193 Å². The van der Waals surface area contributed by atoms with Crippen molar-refractivity contribution in [2.45, 2.75) is 0 Å². The van der Waals surface area contributed by atoms with E-state index >= 15 is 0 Å². The third kappa shape index (κ3) is 5.18. The first-order valence-corrected chi connectivity index (χ1v) is 20.3. The molecule has 0 unspecified atom stereocenters. The lowest BCUT2D eigenvalue weighted by Gasteiger charge is -2.14. The molecule has 58 heavy (non-hydrogen) atoms. The molecule has 0 saturated carbocycles. The minimum Gasteiger partial charge on any atom is -0.277 e. The predicted octanol–water partition coefficient (Wildman–Crippen LogP) is 14.3. The first kappa shape index (κ1) is 32.7. The molecule has 0 aliphatic rings. The van der Waals surface area contributed by atoms with Crippen molar-refractivity contribution in [1.82, 2.24) is 19.5 Å². The number of hydrogen-bond donors (Lipinski definition) is 0. The van der Waals surface area contributed by atoms with Gasteiger partial charge in [0.05, 0.1) is 11.0 Å². The summed E-state index contributed by atoms with van der Waals surface area (Å²) in [7, 11) is 0. The van der Waals surface area contributed by atoms with Crippen molar-refractivity contribution in [2.24, 2.45) is 0 Å². The van der Waals surface area contributed by atoms with Gasteiger partial charge in [0.2, 0.25) is 5.95 Å². The van der Waals surface area contributed by atoms with Crippen molar-refractivity contribution in [3.05, 3.63) is 194 Å². The lowest BCUT2D eigenvalue weighted by Crippen LogP contribution is -2.07. The number of thiophene rings is 1. The Bertz CT molecular complexity index is 3560. The number of nitrogens with zero attached hydrogens (tertiary/aromatic N) is 4. The van der Waals surface area contributed by atoms with E-state index in [0.29, 0.717) is 17.6 Å². The summed E-state index contributed by atoms with van der Waals surface area (Å²) < 4.78 is 4.86. The summed E-state index contributed by atoms with van der Waals surface area (Å²) >= 11 is 1.84. The highest BCUT2D eigenvalue weighted by atomic mass is 32.1. The zero-order valence-corrected chi connectivity index (χ0v) is 32.0. The molecular formula is C53H32N4S. The molecule has 0 amide bonds. The normalized spacial score (nSPS) is 11.8. The van der Waals surface area contributed by atoms with Gasteiger partial charge in [-0.3, -0.25) is 4.57 Å². The maximum atomic E-state index is 5.43. The van der Waals surface area contributed by atoms with Crippen molar-refractivity contribution < 1.29 is 0 Å². The zero-order valence-electron chi connectivity index (χ0n) is 31.2. The number of hydrogen-bond acceptors (Lipinski definition) is 4. The van der Waals surface area contributed by atoms with Gasteiger partial charge in [-0.05, 0) is 51.0 Å². The summed E-state index contributed by atoms with van der Waals surface area (Å²) in [5.41, 5.74) is 8.63. The molecule has 0 N–H and O–H groups in total. The van der Waals surface area contributed by atoms with E-state index in [9.17, 15) is 0 Å². The molecule has 9 aromatic carbocycles. The molecule has 3 heterocycles. The molecule has 0 radical (unpaired) electrons. The Morgan fingerprint density at radius 3 is 1.79 bits per heavy atom. The van der Waals surface area contributed by atoms with Gasteiger partial charge in [0, 0.05) is 53.0 Å². The van der Waals surface area contributed by atoms with Crippen LogP contribution in [0.2, 0.25) is 0 Å². The van der Waals surface area contributed by atoms with Crippen molar-refractivity contribution in [3.8, 4) is 51.0 Å². The fraction of sp³-hybridized carbons (Fsp3) is 0. The monoisotopic (exact) mass is 756 g/mol. The smallest absolute Gasteiger partial charge is 0.238 e. The first-order valence-electron chi connectivity index (χ1n) is 19.5. The second kappa shape index (κ2) is 13.1. The summed E-state index contributed by atoms with van der Waals surface area (Å²) in [6.07, 6.45) is 0. The molecule has 270 valence electrons. The number of rotatable bonds is 5. The van der Waals surface area contributed by atoms with Crippen molar-refractivity contribution >= 4 is 74.9 Å². The van der Waals surface area contributed by atoms with E-state index in [4.69, 9.17) is 15.0 Å². The molecule has 0 bridgehead atoms. The molecule has 0 spiro atoms. The van der Waals surface area contributed by atoms with Crippen molar-refractivity contribution in [3.63, 3.8) is 0 Å². The van der Waals surface area contributed by atoms with Crippen LogP contribution >= 0.6 is 11.3 Å². The molecule has 0 saturated heterocycles. The average Bonchev–Trinajstić information content (AvgIpc) is 3.86. The van der Waals surface area contributed by atoms with Crippen LogP contribution in [0.1, 0.15) is 0 Å². The molecule has 0 aliphatic carbocycles. The summed E-state index contributed by atoms with van der Waals surface area (Å²) in [4.78, 5) is 16.1. The van der Waals surface area contributed by atoms with E-state index in [1.54, 1.807) is 0 Å². The van der Waals surface area contributed by atoms with E-state index in [-0.39, 0.29) is 0 Å². The van der Waals surface area contributed by atoms with Crippen molar-refractivity contribution in [1.29, 1.82) is 0 Å². The summed E-state index contributed by atoms with van der Waals surface area (Å²) in [5.74, 6) is 1.81. The minimum atomic E-state index is 0.575. The average molecular weight is 757 g/mol. The second-order valence-corrected chi connectivity index (χ2v) is 15.9. The van der Waals surface area contributed by atoms with Gasteiger partial charge in [-0.2, -0.15) is 9.97 Å². The van der Waals surface area contributed by atoms with Gasteiger partial charge in [0.25, 0.3) is 0 Å². The molecular weight excluding hydrogens is 725 g/mol. The number of aromatic nitrogens is 4. The number of fused-ring (bicyclic) bond motifs is 9. The molecule has 0 atom stereocenters. The van der Waals surface area contributed by atoms with Gasteiger partial charge in [0.1, 0.15) is 0 Å². The highest BCUT2D eigenvalue weighted by Crippen LogP contribution is 2.45. The summed E-state index contributed by atoms with van der Waals surface area (Å²) in [5, 5.41) is 9.44. The van der Waals surface area contributed by atoms with Crippen molar-refractivity contribution in [2.75, 3.05) is 0 Å². The number of benzene rings is 9. The Hall–Kier alpha value is -7.47. The topological polar surface area (TPSA) is 43.6 Å². The van der Waals surface area contributed by atoms with E-state index in [1.807, 2.05) is 17.4 Å². The van der Waals surface area contributed by atoms with E-state index < -0.39 is 0 Å². The quantitative estimate of drug-likeness (QED) is 0.176. The van der Waals surface area contributed by atoms with Gasteiger partial charge < -0.3 is 0 Å². The fourth-order valence-electron chi connectivity index (χ4n) is 8.74. The summed E-state index contributed by atoms with van der Waals surface area (Å²) in [6, 6.07) is 69.2. The van der Waals surface area contributed by atoms with Crippen LogP contribution in [0.4, 0.5) is 0 Å². The van der Waals surface area contributed by atoms with Crippen LogP contribution in [0.15, 0.2) is 194 Å². The first-order chi connectivity index (χ1) is 28.7. The van der Waals surface area contributed by atoms with E-state index in [1.165, 1.54) is 36.7 Å². The Kier molecular flexibility index (Phi) is 7.37. The fourth-order valence-corrected chi connectivity index (χ4v) is 9.87. The molecule has 12 aromatic rings. The Morgan fingerprint density at radius 2 is 0.931 bits per heavy atom. The molecule has 12 rings (SSSR count). The van der Waals surface area contributed by atoms with Crippen LogP contribution in [-0.4, -0.2) is 19.5 Å². The minimum absolute atomic E-state index is 0.575. The Balaban J connectivity index is 1.19. The SMILES string of the molecule is c1ccc(-c2ccc(-c3nc(-c4ccc5ccccc5c4)nc(-n4c5c(-c6cccc7sc8ccccc8c67)cccc5c5ccc6ccccc6c54)n3)cc2)cc1. The Morgan fingerprint density at radius 1 is 0.345 bits per heavy atom. The zero-order chi connectivity index (χ0) is 38.2. The lowest BCUT2D eigenvalue weighted by molar-refractivity contribution is 0.956. The number of para-hydroxylation sites is 1. The molecule has 4 nitrogen and oxygen atoms in total. The Labute approximate surface area is 338 Å². The predicted molar refractivity (Wildman–Crippen MR) is 244 cm³/mol. The van der Waals surface area contributed by atoms with Crippen LogP contribution in [0, 0.1) is 0 Å². The molecule has 0 aliphatic heterocycles. The highest BCUT2D eigenvalue weighted by Gasteiger charge is 2.23. The largest absolute Gasteiger partial charge is 0.277 e. The third-order valence-corrected chi connectivity index (χ3v) is 12.6. The van der Waals surface area contributed by atoms with Gasteiger partial charge in [0.15, 0.2) is 11.6 Å². The van der Waals surface area contributed by atoms with Crippen LogP contribution in [-0.2, 0) is 0 Å². The third-order valence-electron chi connectivity index (χ3n) is 11.4. The van der Waals surface area contributed by atoms with Gasteiger partial charge >= 0.3 is 0 Å². The summed E-state index contributed by atoms with van der Waals surface area (Å²) in [6.45, 7) is 0. The van der Waals surface area contributed by atoms with Crippen LogP contribution in [0.25, 0.3) is 115 Å². The maximum absolute atomic E-state index is 5.43. The molecule has 0 fully saturated rings. The lowest BCUT2D eigenvalue weighted by atomic mass is 9.97. The van der Waals surface area contributed by atoms with Crippen LogP contribution in [0.3, 0.4) is 0 Å². The molecule has 3 aromatic heterocycles. The van der Waals surface area contributed by atoms with Gasteiger partial charge in [-0.1, -0.05) is 176 Å². The maximum Gasteiger partial charge on any atom is 0.238 e. The second-order valence-electron chi connectivity index (χ2n) is 14.8.